The van der Waals surface area contributed by atoms with Gasteiger partial charge in [-0.15, -0.1) is 0 Å². The molecule has 7 heteroatoms. The zero-order chi connectivity index (χ0) is 14.7. The number of aromatic nitrogens is 1. The predicted molar refractivity (Wildman–Crippen MR) is 86.3 cm³/mol. The molecule has 2 aromatic rings. The Bertz CT molecular complexity index is 664. The molecular formula is C13H9Cl3N2OS. The number of halogens is 3. The number of benzene rings is 1. The van der Waals surface area contributed by atoms with Gasteiger partial charge in [0, 0.05) is 12.5 Å². The Morgan fingerprint density at radius 3 is 2.40 bits per heavy atom. The summed E-state index contributed by atoms with van der Waals surface area (Å²) in [6.45, 7) is 1.41. The highest BCUT2D eigenvalue weighted by atomic mass is 35.5. The van der Waals surface area contributed by atoms with Crippen LogP contribution in [0.25, 0.3) is 16.3 Å². The Balaban J connectivity index is 2.57. The summed E-state index contributed by atoms with van der Waals surface area (Å²) >= 11 is 18.8. The minimum atomic E-state index is -0.206. The van der Waals surface area contributed by atoms with Crippen LogP contribution in [-0.2, 0) is 4.79 Å². The minimum Gasteiger partial charge on any atom is -0.302 e. The van der Waals surface area contributed by atoms with Crippen LogP contribution in [0.2, 0.25) is 0 Å². The smallest absolute Gasteiger partial charge is 0.223 e. The molecule has 1 aromatic carbocycles. The van der Waals surface area contributed by atoms with Gasteiger partial charge in [0.05, 0.1) is 15.6 Å². The van der Waals surface area contributed by atoms with E-state index in [1.54, 1.807) is 0 Å². The van der Waals surface area contributed by atoms with Gasteiger partial charge in [0.25, 0.3) is 0 Å². The molecule has 0 saturated carbocycles. The fourth-order valence-corrected chi connectivity index (χ4v) is 3.03. The first-order valence-electron chi connectivity index (χ1n) is 5.54. The summed E-state index contributed by atoms with van der Waals surface area (Å²) in [6, 6.07) is 9.45. The summed E-state index contributed by atoms with van der Waals surface area (Å²) in [7, 11) is 0. The van der Waals surface area contributed by atoms with Crippen molar-refractivity contribution in [3.8, 4) is 11.3 Å². The number of hydrogen-bond acceptors (Lipinski definition) is 3. The summed E-state index contributed by atoms with van der Waals surface area (Å²) < 4.78 is -0.0399. The van der Waals surface area contributed by atoms with Gasteiger partial charge < -0.3 is 5.32 Å². The molecule has 1 amide bonds. The van der Waals surface area contributed by atoms with Gasteiger partial charge in [-0.05, 0) is 0 Å². The van der Waals surface area contributed by atoms with E-state index in [4.69, 9.17) is 34.8 Å². The number of carbonyl (C=O) groups excluding carboxylic acids is 1. The zero-order valence-electron chi connectivity index (χ0n) is 10.3. The second-order valence-corrected chi connectivity index (χ2v) is 6.14. The summed E-state index contributed by atoms with van der Waals surface area (Å²) in [6.07, 6.45) is 0. The maximum atomic E-state index is 11.1. The first kappa shape index (κ1) is 15.3. The van der Waals surface area contributed by atoms with E-state index < -0.39 is 0 Å². The normalized spacial score (nSPS) is 10.2. The lowest BCUT2D eigenvalue weighted by molar-refractivity contribution is -0.114. The average molecular weight is 348 g/mol. The second-order valence-electron chi connectivity index (χ2n) is 3.82. The Morgan fingerprint density at radius 1 is 1.20 bits per heavy atom. The standard InChI is InChI=1S/C13H9Cl3N2OS/c1-7(19)17-13-18-10(8-5-3-2-4-6-8)11(20-13)9(14)12(15)16/h2-6H,1H3,(H,17,18,19). The summed E-state index contributed by atoms with van der Waals surface area (Å²) in [5.41, 5.74) is 1.49. The van der Waals surface area contributed by atoms with Gasteiger partial charge in [-0.1, -0.05) is 76.5 Å². The predicted octanol–water partition coefficient (Wildman–Crippen LogP) is 5.11. The largest absolute Gasteiger partial charge is 0.302 e. The van der Waals surface area contributed by atoms with Crippen molar-refractivity contribution in [2.45, 2.75) is 6.92 Å². The molecule has 1 heterocycles. The van der Waals surface area contributed by atoms with Crippen molar-refractivity contribution in [3.63, 3.8) is 0 Å². The van der Waals surface area contributed by atoms with E-state index in [2.05, 4.69) is 10.3 Å². The van der Waals surface area contributed by atoms with Crippen LogP contribution < -0.4 is 5.32 Å². The molecule has 0 saturated heterocycles. The van der Waals surface area contributed by atoms with Gasteiger partial charge in [-0.25, -0.2) is 4.98 Å². The van der Waals surface area contributed by atoms with Crippen LogP contribution in [-0.4, -0.2) is 10.9 Å². The maximum absolute atomic E-state index is 11.1. The van der Waals surface area contributed by atoms with Gasteiger partial charge in [0.15, 0.2) is 5.13 Å². The molecule has 0 unspecified atom stereocenters. The number of nitrogens with zero attached hydrogens (tertiary/aromatic N) is 1. The Morgan fingerprint density at radius 2 is 1.85 bits per heavy atom. The highest BCUT2D eigenvalue weighted by molar-refractivity contribution is 7.18. The molecule has 0 bridgehead atoms. The van der Waals surface area contributed by atoms with E-state index in [0.717, 1.165) is 5.56 Å². The molecule has 0 aliphatic carbocycles. The number of thiazole rings is 1. The Labute approximate surface area is 135 Å². The van der Waals surface area contributed by atoms with Crippen LogP contribution in [0.5, 0.6) is 0 Å². The van der Waals surface area contributed by atoms with E-state index in [-0.39, 0.29) is 15.4 Å². The molecule has 0 spiro atoms. The molecule has 2 rings (SSSR count). The molecular weight excluding hydrogens is 339 g/mol. The molecule has 0 radical (unpaired) electrons. The number of hydrogen-bond donors (Lipinski definition) is 1. The molecule has 0 atom stereocenters. The summed E-state index contributed by atoms with van der Waals surface area (Å²) in [5, 5.41) is 3.28. The summed E-state index contributed by atoms with van der Waals surface area (Å²) in [4.78, 5) is 16.1. The molecule has 104 valence electrons. The first-order valence-corrected chi connectivity index (χ1v) is 7.49. The average Bonchev–Trinajstić information content (AvgIpc) is 2.81. The van der Waals surface area contributed by atoms with Crippen LogP contribution in [0.3, 0.4) is 0 Å². The SMILES string of the molecule is CC(=O)Nc1nc(-c2ccccc2)c(C(Cl)=C(Cl)Cl)s1. The molecule has 1 aromatic heterocycles. The number of rotatable bonds is 3. The fourth-order valence-electron chi connectivity index (χ4n) is 1.55. The third-order valence-electron chi connectivity index (χ3n) is 2.32. The van der Waals surface area contributed by atoms with Crippen LogP contribution in [0.1, 0.15) is 11.8 Å². The molecule has 3 nitrogen and oxygen atoms in total. The number of anilines is 1. The van der Waals surface area contributed by atoms with Crippen molar-refractivity contribution in [3.05, 3.63) is 39.7 Å². The van der Waals surface area contributed by atoms with Crippen molar-refractivity contribution in [1.29, 1.82) is 0 Å². The van der Waals surface area contributed by atoms with Crippen molar-refractivity contribution in [2.24, 2.45) is 0 Å². The van der Waals surface area contributed by atoms with Crippen LogP contribution >= 0.6 is 46.1 Å². The van der Waals surface area contributed by atoms with Gasteiger partial charge in [0.1, 0.15) is 4.49 Å². The quantitative estimate of drug-likeness (QED) is 0.838. The maximum Gasteiger partial charge on any atom is 0.223 e. The molecule has 0 fully saturated rings. The van der Waals surface area contributed by atoms with Crippen LogP contribution in [0.15, 0.2) is 34.8 Å². The minimum absolute atomic E-state index is 0.0399. The third-order valence-corrected chi connectivity index (χ3v) is 4.37. The van der Waals surface area contributed by atoms with E-state index in [0.29, 0.717) is 15.7 Å². The van der Waals surface area contributed by atoms with E-state index >= 15 is 0 Å². The molecule has 1 N–H and O–H groups in total. The van der Waals surface area contributed by atoms with E-state index in [1.165, 1.54) is 18.3 Å². The monoisotopic (exact) mass is 346 g/mol. The third kappa shape index (κ3) is 3.52. The van der Waals surface area contributed by atoms with Crippen LogP contribution in [0.4, 0.5) is 5.13 Å². The van der Waals surface area contributed by atoms with Crippen molar-refractivity contribution < 1.29 is 4.79 Å². The van der Waals surface area contributed by atoms with Crippen molar-refractivity contribution in [1.82, 2.24) is 4.98 Å². The topological polar surface area (TPSA) is 42.0 Å². The van der Waals surface area contributed by atoms with Crippen molar-refractivity contribution in [2.75, 3.05) is 5.32 Å². The fraction of sp³-hybridized carbons (Fsp3) is 0.0769. The molecule has 20 heavy (non-hydrogen) atoms. The lowest BCUT2D eigenvalue weighted by atomic mass is 10.1. The zero-order valence-corrected chi connectivity index (χ0v) is 13.4. The van der Waals surface area contributed by atoms with Gasteiger partial charge in [-0.3, -0.25) is 4.79 Å². The number of nitrogens with one attached hydrogen (secondary N) is 1. The first-order chi connectivity index (χ1) is 9.49. The van der Waals surface area contributed by atoms with Gasteiger partial charge >= 0.3 is 0 Å². The van der Waals surface area contributed by atoms with E-state index in [1.807, 2.05) is 30.3 Å². The molecule has 0 aliphatic rings. The lowest BCUT2D eigenvalue weighted by Crippen LogP contribution is -2.04. The van der Waals surface area contributed by atoms with Crippen LogP contribution in [0, 0.1) is 0 Å². The van der Waals surface area contributed by atoms with E-state index in [9.17, 15) is 4.79 Å². The van der Waals surface area contributed by atoms with Crippen molar-refractivity contribution >= 4 is 62.2 Å². The highest BCUT2D eigenvalue weighted by Crippen LogP contribution is 2.40. The highest BCUT2D eigenvalue weighted by Gasteiger charge is 2.18. The van der Waals surface area contributed by atoms with Gasteiger partial charge in [0.2, 0.25) is 5.91 Å². The number of amides is 1. The Hall–Kier alpha value is -1.07. The van der Waals surface area contributed by atoms with Gasteiger partial charge in [-0.2, -0.15) is 0 Å². The summed E-state index contributed by atoms with van der Waals surface area (Å²) in [5.74, 6) is -0.206. The second kappa shape index (κ2) is 6.59. The Kier molecular flexibility index (Phi) is 5.05. The number of carbonyl (C=O) groups is 1. The molecule has 0 aliphatic heterocycles. The lowest BCUT2D eigenvalue weighted by Gasteiger charge is -2.00.